The molecule has 0 unspecified atom stereocenters. The molecule has 1 aliphatic rings. The molecule has 0 bridgehead atoms. The highest BCUT2D eigenvalue weighted by atomic mass is 16.5. The van der Waals surface area contributed by atoms with Gasteiger partial charge >= 0.3 is 0 Å². The van der Waals surface area contributed by atoms with Gasteiger partial charge in [-0.2, -0.15) is 0 Å². The molecule has 0 aliphatic carbocycles. The SMILES string of the molecule is O=CC(=O)C1=NCOC1. The van der Waals surface area contributed by atoms with Crippen LogP contribution in [0.2, 0.25) is 0 Å². The van der Waals surface area contributed by atoms with Crippen LogP contribution in [0.3, 0.4) is 0 Å². The molecular formula is C5H5NO3. The van der Waals surface area contributed by atoms with Crippen LogP contribution >= 0.6 is 0 Å². The molecule has 0 aromatic rings. The van der Waals surface area contributed by atoms with Crippen LogP contribution in [0.4, 0.5) is 0 Å². The molecule has 0 aromatic carbocycles. The zero-order valence-corrected chi connectivity index (χ0v) is 4.66. The molecule has 1 aliphatic heterocycles. The van der Waals surface area contributed by atoms with Crippen molar-refractivity contribution in [2.45, 2.75) is 0 Å². The normalized spacial score (nSPS) is 17.1. The molecule has 0 saturated heterocycles. The third-order valence-electron chi connectivity index (χ3n) is 0.977. The van der Waals surface area contributed by atoms with Crippen LogP contribution in [-0.2, 0) is 14.3 Å². The van der Waals surface area contributed by atoms with E-state index in [1.54, 1.807) is 0 Å². The maximum absolute atomic E-state index is 10.4. The third kappa shape index (κ3) is 1.20. The van der Waals surface area contributed by atoms with Gasteiger partial charge in [-0.3, -0.25) is 14.6 Å². The Hall–Kier alpha value is -1.03. The molecular weight excluding hydrogens is 122 g/mol. The first-order chi connectivity index (χ1) is 4.34. The number of ketones is 1. The van der Waals surface area contributed by atoms with E-state index < -0.39 is 5.78 Å². The second kappa shape index (κ2) is 2.50. The molecule has 1 heterocycles. The van der Waals surface area contributed by atoms with Crippen molar-refractivity contribution in [1.82, 2.24) is 0 Å². The van der Waals surface area contributed by atoms with Crippen LogP contribution in [0.5, 0.6) is 0 Å². The summed E-state index contributed by atoms with van der Waals surface area (Å²) in [5.41, 5.74) is 0.227. The summed E-state index contributed by atoms with van der Waals surface area (Å²) in [4.78, 5) is 23.9. The van der Waals surface area contributed by atoms with E-state index in [9.17, 15) is 9.59 Å². The molecule has 0 aromatic heterocycles. The summed E-state index contributed by atoms with van der Waals surface area (Å²) in [5.74, 6) is -0.576. The number of ether oxygens (including phenoxy) is 1. The summed E-state index contributed by atoms with van der Waals surface area (Å²) >= 11 is 0. The van der Waals surface area contributed by atoms with Crippen molar-refractivity contribution in [3.8, 4) is 0 Å². The Morgan fingerprint density at radius 1 is 1.78 bits per heavy atom. The number of hydrogen-bond donors (Lipinski definition) is 0. The van der Waals surface area contributed by atoms with Crippen LogP contribution in [-0.4, -0.2) is 31.1 Å². The minimum absolute atomic E-state index is 0.178. The monoisotopic (exact) mass is 127 g/mol. The quantitative estimate of drug-likeness (QED) is 0.360. The molecule has 4 heteroatoms. The van der Waals surface area contributed by atoms with E-state index in [0.29, 0.717) is 0 Å². The van der Waals surface area contributed by atoms with Gasteiger partial charge in [0.15, 0.2) is 6.29 Å². The molecule has 0 amide bonds. The molecule has 4 nitrogen and oxygen atoms in total. The second-order valence-corrected chi connectivity index (χ2v) is 1.56. The van der Waals surface area contributed by atoms with Crippen LogP contribution in [0.25, 0.3) is 0 Å². The zero-order valence-electron chi connectivity index (χ0n) is 4.66. The zero-order chi connectivity index (χ0) is 6.69. The average molecular weight is 127 g/mol. The van der Waals surface area contributed by atoms with Crippen LogP contribution < -0.4 is 0 Å². The summed E-state index contributed by atoms with van der Waals surface area (Å²) in [6.45, 7) is 0.381. The second-order valence-electron chi connectivity index (χ2n) is 1.56. The van der Waals surface area contributed by atoms with Gasteiger partial charge in [-0.25, -0.2) is 0 Å². The predicted molar refractivity (Wildman–Crippen MR) is 29.3 cm³/mol. The Balaban J connectivity index is 2.61. The first kappa shape index (κ1) is 6.10. The number of carbonyl (C=O) groups is 2. The van der Waals surface area contributed by atoms with Gasteiger partial charge in [0.25, 0.3) is 0 Å². The van der Waals surface area contributed by atoms with Gasteiger partial charge in [0.2, 0.25) is 5.78 Å². The standard InChI is InChI=1S/C5H5NO3/c7-1-5(8)4-2-9-3-6-4/h1H,2-3H2. The van der Waals surface area contributed by atoms with Crippen molar-refractivity contribution in [3.63, 3.8) is 0 Å². The van der Waals surface area contributed by atoms with E-state index >= 15 is 0 Å². The number of nitrogens with zero attached hydrogens (tertiary/aromatic N) is 1. The molecule has 9 heavy (non-hydrogen) atoms. The topological polar surface area (TPSA) is 55.7 Å². The smallest absolute Gasteiger partial charge is 0.241 e. The van der Waals surface area contributed by atoms with E-state index in [1.165, 1.54) is 0 Å². The lowest BCUT2D eigenvalue weighted by molar-refractivity contribution is -0.125. The summed E-state index contributed by atoms with van der Waals surface area (Å²) < 4.78 is 4.70. The van der Waals surface area contributed by atoms with E-state index in [2.05, 4.69) is 4.99 Å². The number of rotatable bonds is 2. The van der Waals surface area contributed by atoms with Gasteiger partial charge in [-0.15, -0.1) is 0 Å². The fraction of sp³-hybridized carbons (Fsp3) is 0.400. The summed E-state index contributed by atoms with van der Waals surface area (Å²) in [6.07, 6.45) is 0.244. The van der Waals surface area contributed by atoms with Crippen LogP contribution in [0.1, 0.15) is 0 Å². The van der Waals surface area contributed by atoms with E-state index in [4.69, 9.17) is 4.74 Å². The Bertz CT molecular complexity index is 173. The largest absolute Gasteiger partial charge is 0.353 e. The fourth-order valence-corrected chi connectivity index (χ4v) is 0.529. The van der Waals surface area contributed by atoms with Gasteiger partial charge < -0.3 is 4.74 Å². The Morgan fingerprint density at radius 3 is 3.00 bits per heavy atom. The van der Waals surface area contributed by atoms with Gasteiger partial charge in [0.05, 0.1) is 6.61 Å². The van der Waals surface area contributed by atoms with Crippen molar-refractivity contribution in [2.24, 2.45) is 4.99 Å². The minimum atomic E-state index is -0.576. The molecule has 0 radical (unpaired) electrons. The maximum Gasteiger partial charge on any atom is 0.241 e. The number of Topliss-reactive ketones (excluding diaryl/α,β-unsaturated/α-hetero) is 1. The number of aldehydes is 1. The Morgan fingerprint density at radius 2 is 2.56 bits per heavy atom. The molecule has 0 saturated carbocycles. The van der Waals surface area contributed by atoms with Crippen molar-refractivity contribution in [2.75, 3.05) is 13.3 Å². The van der Waals surface area contributed by atoms with Gasteiger partial charge in [-0.05, 0) is 0 Å². The highest BCUT2D eigenvalue weighted by molar-refractivity contribution is 6.59. The lowest BCUT2D eigenvalue weighted by Crippen LogP contribution is -2.16. The maximum atomic E-state index is 10.4. The van der Waals surface area contributed by atoms with E-state index in [-0.39, 0.29) is 25.3 Å². The first-order valence-corrected chi connectivity index (χ1v) is 2.45. The summed E-state index contributed by atoms with van der Waals surface area (Å²) in [7, 11) is 0. The van der Waals surface area contributed by atoms with Crippen molar-refractivity contribution >= 4 is 17.8 Å². The molecule has 48 valence electrons. The summed E-state index contributed by atoms with van der Waals surface area (Å²) in [5, 5.41) is 0. The van der Waals surface area contributed by atoms with E-state index in [0.717, 1.165) is 0 Å². The fourth-order valence-electron chi connectivity index (χ4n) is 0.529. The molecule has 1 rings (SSSR count). The van der Waals surface area contributed by atoms with Crippen molar-refractivity contribution < 1.29 is 14.3 Å². The Kier molecular flexibility index (Phi) is 1.69. The van der Waals surface area contributed by atoms with Gasteiger partial charge in [-0.1, -0.05) is 0 Å². The highest BCUT2D eigenvalue weighted by Gasteiger charge is 2.13. The molecule has 0 spiro atoms. The van der Waals surface area contributed by atoms with Gasteiger partial charge in [0.1, 0.15) is 12.4 Å². The molecule has 0 N–H and O–H groups in total. The minimum Gasteiger partial charge on any atom is -0.353 e. The Labute approximate surface area is 51.5 Å². The molecule has 0 fully saturated rings. The van der Waals surface area contributed by atoms with Crippen LogP contribution in [0.15, 0.2) is 4.99 Å². The van der Waals surface area contributed by atoms with E-state index in [1.807, 2.05) is 0 Å². The predicted octanol–water partition coefficient (Wildman–Crippen LogP) is -0.817. The average Bonchev–Trinajstić information content (AvgIpc) is 2.37. The lowest BCUT2D eigenvalue weighted by Gasteiger charge is -1.85. The summed E-state index contributed by atoms with van der Waals surface area (Å²) in [6, 6.07) is 0. The van der Waals surface area contributed by atoms with Crippen molar-refractivity contribution in [1.29, 1.82) is 0 Å². The van der Waals surface area contributed by atoms with Gasteiger partial charge in [0, 0.05) is 0 Å². The van der Waals surface area contributed by atoms with Crippen molar-refractivity contribution in [3.05, 3.63) is 0 Å². The lowest BCUT2D eigenvalue weighted by atomic mass is 10.3. The highest BCUT2D eigenvalue weighted by Crippen LogP contribution is 1.92. The first-order valence-electron chi connectivity index (χ1n) is 2.45. The van der Waals surface area contributed by atoms with Crippen LogP contribution in [0, 0.1) is 0 Å². The number of hydrogen-bond acceptors (Lipinski definition) is 4. The number of carbonyl (C=O) groups excluding carboxylic acids is 2. The number of aliphatic imine (C=N–C) groups is 1. The molecule has 0 atom stereocenters. The third-order valence-corrected chi connectivity index (χ3v) is 0.977.